The maximum absolute atomic E-state index is 13.7. The Labute approximate surface area is 216 Å². The van der Waals surface area contributed by atoms with Crippen LogP contribution in [-0.4, -0.2) is 43.3 Å². The van der Waals surface area contributed by atoms with Crippen molar-refractivity contribution in [2.24, 2.45) is 13.0 Å². The van der Waals surface area contributed by atoms with Crippen LogP contribution in [0.2, 0.25) is 0 Å². The van der Waals surface area contributed by atoms with E-state index < -0.39 is 11.9 Å². The summed E-state index contributed by atoms with van der Waals surface area (Å²) in [5.41, 5.74) is 1.13. The molecule has 4 aromatic rings. The monoisotopic (exact) mass is 528 g/mol. The molecule has 1 unspecified atom stereocenters. The van der Waals surface area contributed by atoms with Crippen molar-refractivity contribution in [3.8, 4) is 11.5 Å². The van der Waals surface area contributed by atoms with Gasteiger partial charge in [-0.15, -0.1) is 0 Å². The molecule has 5 rings (SSSR count). The number of aromatic nitrogens is 5. The van der Waals surface area contributed by atoms with Gasteiger partial charge in [0.25, 0.3) is 0 Å². The number of rotatable bonds is 8. The van der Waals surface area contributed by atoms with Crippen LogP contribution in [0.3, 0.4) is 0 Å². The molecule has 1 aromatic carbocycles. The first-order valence-corrected chi connectivity index (χ1v) is 12.2. The van der Waals surface area contributed by atoms with Crippen LogP contribution in [-0.2, 0) is 35.7 Å². The zero-order valence-electron chi connectivity index (χ0n) is 21.0. The Balaban J connectivity index is 1.37. The second kappa shape index (κ2) is 10.4. The topological polar surface area (TPSA) is 96.1 Å². The van der Waals surface area contributed by atoms with Gasteiger partial charge in [0.1, 0.15) is 23.0 Å². The maximum Gasteiger partial charge on any atom is 0.433 e. The van der Waals surface area contributed by atoms with Crippen molar-refractivity contribution in [3.63, 3.8) is 0 Å². The number of benzene rings is 1. The summed E-state index contributed by atoms with van der Waals surface area (Å²) in [5, 5.41) is 7.14. The number of nitrogens with one attached hydrogen (secondary N) is 1. The van der Waals surface area contributed by atoms with Gasteiger partial charge < -0.3 is 19.4 Å². The molecule has 1 N–H and O–H groups in total. The number of anilines is 2. The molecule has 9 nitrogen and oxygen atoms in total. The first kappa shape index (κ1) is 25.7. The van der Waals surface area contributed by atoms with Crippen LogP contribution in [0.1, 0.15) is 31.2 Å². The van der Waals surface area contributed by atoms with Gasteiger partial charge in [-0.1, -0.05) is 0 Å². The van der Waals surface area contributed by atoms with Crippen molar-refractivity contribution < 1.29 is 27.4 Å². The summed E-state index contributed by atoms with van der Waals surface area (Å²) in [4.78, 5) is 20.1. The summed E-state index contributed by atoms with van der Waals surface area (Å²) in [7, 11) is 1.75. The number of carbonyl (C=O) groups excluding carboxylic acids is 1. The third-order valence-electron chi connectivity index (χ3n) is 6.30. The van der Waals surface area contributed by atoms with E-state index in [1.807, 2.05) is 0 Å². The number of fused-ring (bicyclic) bond motifs is 1. The molecule has 12 heteroatoms. The number of nitrogens with zero attached hydrogens (tertiary/aromatic N) is 5. The summed E-state index contributed by atoms with van der Waals surface area (Å²) in [6, 6.07) is 9.68. The lowest BCUT2D eigenvalue weighted by Crippen LogP contribution is -2.25. The van der Waals surface area contributed by atoms with Crippen LogP contribution in [0, 0.1) is 5.92 Å². The number of alkyl halides is 3. The van der Waals surface area contributed by atoms with Crippen molar-refractivity contribution in [1.82, 2.24) is 24.3 Å². The molecule has 0 amide bonds. The number of pyridine rings is 1. The van der Waals surface area contributed by atoms with Gasteiger partial charge in [-0.3, -0.25) is 14.5 Å². The predicted molar refractivity (Wildman–Crippen MR) is 133 cm³/mol. The van der Waals surface area contributed by atoms with E-state index in [4.69, 9.17) is 9.47 Å². The predicted octanol–water partition coefficient (Wildman–Crippen LogP) is 5.28. The van der Waals surface area contributed by atoms with E-state index in [2.05, 4.69) is 20.4 Å². The van der Waals surface area contributed by atoms with Crippen molar-refractivity contribution in [1.29, 1.82) is 0 Å². The summed E-state index contributed by atoms with van der Waals surface area (Å²) in [5.74, 6) is 1.44. The van der Waals surface area contributed by atoms with Gasteiger partial charge in [0, 0.05) is 56.9 Å². The van der Waals surface area contributed by atoms with E-state index in [9.17, 15) is 18.0 Å². The average Bonchev–Trinajstić information content (AvgIpc) is 3.40. The number of Topliss-reactive ketones (excluding diaryl/α,β-unsaturated/α-hetero) is 1. The Morgan fingerprint density at radius 2 is 2.03 bits per heavy atom. The molecular formula is C26H27F3N6O3. The van der Waals surface area contributed by atoms with Gasteiger partial charge >= 0.3 is 6.18 Å². The molecule has 200 valence electrons. The Kier molecular flexibility index (Phi) is 7.06. The van der Waals surface area contributed by atoms with Gasteiger partial charge in [0.05, 0.1) is 23.3 Å². The molecule has 1 aliphatic rings. The summed E-state index contributed by atoms with van der Waals surface area (Å²) in [6.07, 6.45) is -1.13. The lowest BCUT2D eigenvalue weighted by atomic mass is 10.0. The zero-order chi connectivity index (χ0) is 26.9. The summed E-state index contributed by atoms with van der Waals surface area (Å²) < 4.78 is 55.3. The van der Waals surface area contributed by atoms with Crippen molar-refractivity contribution in [3.05, 3.63) is 54.0 Å². The van der Waals surface area contributed by atoms with Gasteiger partial charge in [0.15, 0.2) is 5.82 Å². The zero-order valence-corrected chi connectivity index (χ0v) is 21.0. The minimum absolute atomic E-state index is 0.00109. The first-order chi connectivity index (χ1) is 18.2. The fourth-order valence-corrected chi connectivity index (χ4v) is 4.51. The maximum atomic E-state index is 13.7. The number of halogens is 3. The van der Waals surface area contributed by atoms with E-state index in [0.29, 0.717) is 47.4 Å². The van der Waals surface area contributed by atoms with Crippen LogP contribution < -0.4 is 10.1 Å². The second-order valence-electron chi connectivity index (χ2n) is 9.41. The fourth-order valence-electron chi connectivity index (χ4n) is 4.51. The molecule has 3 aromatic heterocycles. The smallest absolute Gasteiger partial charge is 0.433 e. The van der Waals surface area contributed by atoms with E-state index in [0.717, 1.165) is 23.6 Å². The lowest BCUT2D eigenvalue weighted by molar-refractivity contribution is -0.144. The van der Waals surface area contributed by atoms with Gasteiger partial charge in [-0.25, -0.2) is 4.98 Å². The highest BCUT2D eigenvalue weighted by Gasteiger charge is 2.36. The summed E-state index contributed by atoms with van der Waals surface area (Å²) in [6.45, 7) is 2.68. The molecule has 0 spiro atoms. The van der Waals surface area contributed by atoms with Crippen LogP contribution in [0.4, 0.5) is 24.9 Å². The Hall–Kier alpha value is -3.93. The molecule has 0 radical (unpaired) electrons. The fraction of sp³-hybridized carbons (Fsp3) is 0.385. The van der Waals surface area contributed by atoms with Gasteiger partial charge in [-0.2, -0.15) is 18.3 Å². The minimum Gasteiger partial charge on any atom is -0.457 e. The van der Waals surface area contributed by atoms with Crippen molar-refractivity contribution in [2.45, 2.75) is 38.9 Å². The molecule has 1 aliphatic heterocycles. The van der Waals surface area contributed by atoms with E-state index >= 15 is 0 Å². The highest BCUT2D eigenvalue weighted by Crippen LogP contribution is 2.33. The highest BCUT2D eigenvalue weighted by atomic mass is 19.4. The molecule has 1 saturated heterocycles. The minimum atomic E-state index is -4.54. The number of ether oxygens (including phenoxy) is 2. The lowest BCUT2D eigenvalue weighted by Gasteiger charge is -2.22. The SMILES string of the molecule is CC(=O)Cc1cc(Oc2ccc3nc(Nc4cc(C(F)(F)F)n(CC5CCCOC5)n4)n(C)c3c2)ccn1. The summed E-state index contributed by atoms with van der Waals surface area (Å²) >= 11 is 0. The van der Waals surface area contributed by atoms with Crippen LogP contribution in [0.25, 0.3) is 11.0 Å². The molecule has 0 aliphatic carbocycles. The highest BCUT2D eigenvalue weighted by molar-refractivity contribution is 5.81. The Morgan fingerprint density at radius 3 is 2.76 bits per heavy atom. The Bertz CT molecular complexity index is 1460. The number of ketones is 1. The molecule has 0 bridgehead atoms. The number of aryl methyl sites for hydroxylation is 1. The molecule has 1 fully saturated rings. The van der Waals surface area contributed by atoms with E-state index in [-0.39, 0.29) is 30.5 Å². The third kappa shape index (κ3) is 5.80. The van der Waals surface area contributed by atoms with Crippen molar-refractivity contribution in [2.75, 3.05) is 18.5 Å². The molecule has 4 heterocycles. The quantitative estimate of drug-likeness (QED) is 0.333. The van der Waals surface area contributed by atoms with Crippen LogP contribution in [0.5, 0.6) is 11.5 Å². The molecule has 0 saturated carbocycles. The van der Waals surface area contributed by atoms with Gasteiger partial charge in [-0.05, 0) is 38.0 Å². The number of imidazole rings is 1. The Morgan fingerprint density at radius 1 is 1.21 bits per heavy atom. The van der Waals surface area contributed by atoms with Crippen molar-refractivity contribution >= 4 is 28.6 Å². The van der Waals surface area contributed by atoms with Crippen LogP contribution in [0.15, 0.2) is 42.6 Å². The van der Waals surface area contributed by atoms with E-state index in [1.54, 1.807) is 48.1 Å². The number of hydrogen-bond donors (Lipinski definition) is 1. The standard InChI is InChI=1S/C26H27F3N6O3/c1-16(36)10-18-11-20(7-8-30-18)38-19-5-6-21-22(12-19)34(2)25(31-21)32-24-13-23(26(27,28)29)35(33-24)14-17-4-3-9-37-15-17/h5-8,11-13,17H,3-4,9-10,14-15H2,1-2H3,(H,31,32,33). The average molecular weight is 529 g/mol. The molecule has 38 heavy (non-hydrogen) atoms. The van der Waals surface area contributed by atoms with Crippen LogP contribution >= 0.6 is 0 Å². The van der Waals surface area contributed by atoms with Gasteiger partial charge in [0.2, 0.25) is 5.95 Å². The number of carbonyl (C=O) groups is 1. The molecule has 1 atom stereocenters. The molecular weight excluding hydrogens is 501 g/mol. The first-order valence-electron chi connectivity index (χ1n) is 12.2. The normalized spacial score (nSPS) is 16.1. The third-order valence-corrected chi connectivity index (χ3v) is 6.30. The van der Waals surface area contributed by atoms with E-state index in [1.165, 1.54) is 6.92 Å². The number of hydrogen-bond acceptors (Lipinski definition) is 7. The second-order valence-corrected chi connectivity index (χ2v) is 9.41. The largest absolute Gasteiger partial charge is 0.457 e.